The van der Waals surface area contributed by atoms with Gasteiger partial charge in [0, 0.05) is 33.2 Å². The molecule has 1 unspecified atom stereocenters. The van der Waals surface area contributed by atoms with Crippen LogP contribution in [0.15, 0.2) is 0 Å². The minimum atomic E-state index is -2.42. The van der Waals surface area contributed by atoms with Crippen molar-refractivity contribution in [2.75, 3.05) is 49.5 Å². The Kier molecular flexibility index (Phi) is 8.52. The van der Waals surface area contributed by atoms with Gasteiger partial charge in [0.2, 0.25) is 0 Å². The molecule has 0 aliphatic heterocycles. The van der Waals surface area contributed by atoms with Crippen molar-refractivity contribution in [1.29, 1.82) is 0 Å². The van der Waals surface area contributed by atoms with Gasteiger partial charge in [-0.15, -0.1) is 0 Å². The summed E-state index contributed by atoms with van der Waals surface area (Å²) in [6, 6.07) is 0.904. The largest absolute Gasteiger partial charge is 0.500 e. The molecule has 0 radical (unpaired) electrons. The zero-order chi connectivity index (χ0) is 14.3. The van der Waals surface area contributed by atoms with Crippen LogP contribution >= 0.6 is 0 Å². The van der Waals surface area contributed by atoms with Gasteiger partial charge in [-0.25, -0.2) is 0 Å². The van der Waals surface area contributed by atoms with Crippen LogP contribution in [0, 0.1) is 0 Å². The van der Waals surface area contributed by atoms with E-state index in [2.05, 4.69) is 44.9 Å². The van der Waals surface area contributed by atoms with Crippen LogP contribution in [-0.2, 0) is 13.3 Å². The van der Waals surface area contributed by atoms with Crippen LogP contribution in [0.1, 0.15) is 6.92 Å². The Morgan fingerprint density at radius 1 is 0.944 bits per heavy atom. The summed E-state index contributed by atoms with van der Waals surface area (Å²) in [5, 5.41) is 0. The van der Waals surface area contributed by atoms with Crippen molar-refractivity contribution >= 4 is 18.3 Å². The molecule has 0 rings (SSSR count). The second kappa shape index (κ2) is 8.41. The van der Waals surface area contributed by atoms with Crippen LogP contribution < -0.4 is 0 Å². The fraction of sp³-hybridized carbons (Fsp3) is 1.00. The van der Waals surface area contributed by atoms with E-state index in [9.17, 15) is 0 Å². The van der Waals surface area contributed by atoms with Gasteiger partial charge in [-0.1, -0.05) is 6.92 Å². The molecule has 0 aromatic rings. The molecule has 1 atom stereocenters. The molecule has 0 aromatic heterocycles. The molecular weight excluding hydrogens is 264 g/mol. The van der Waals surface area contributed by atoms with E-state index in [-0.39, 0.29) is 9.52 Å². The first kappa shape index (κ1) is 18.2. The maximum Gasteiger partial charge on any atom is 0.500 e. The molecule has 7 heteroatoms. The quantitative estimate of drug-likeness (QED) is 0.450. The molecule has 0 spiro atoms. The van der Waals surface area contributed by atoms with E-state index in [1.165, 1.54) is 0 Å². The molecule has 0 bridgehead atoms. The van der Waals surface area contributed by atoms with Crippen molar-refractivity contribution in [3.63, 3.8) is 0 Å². The van der Waals surface area contributed by atoms with Gasteiger partial charge < -0.3 is 13.3 Å². The van der Waals surface area contributed by atoms with Gasteiger partial charge in [0.15, 0.2) is 0 Å². The second-order valence-electron chi connectivity index (χ2n) is 5.25. The molecule has 0 fully saturated rings. The molecular formula is C11H30N2O3Si2. The van der Waals surface area contributed by atoms with Crippen LogP contribution in [0.2, 0.25) is 11.6 Å². The first-order valence-corrected chi connectivity index (χ1v) is 9.86. The Bertz CT molecular complexity index is 210. The lowest BCUT2D eigenvalue weighted by atomic mass is 10.5. The van der Waals surface area contributed by atoms with Crippen LogP contribution in [0.4, 0.5) is 0 Å². The van der Waals surface area contributed by atoms with Gasteiger partial charge >= 0.3 is 8.80 Å². The smallest absolute Gasteiger partial charge is 0.377 e. The third kappa shape index (κ3) is 5.47. The van der Waals surface area contributed by atoms with E-state index >= 15 is 0 Å². The maximum absolute atomic E-state index is 5.50. The van der Waals surface area contributed by atoms with E-state index in [4.69, 9.17) is 13.3 Å². The normalized spacial score (nSPS) is 15.5. The lowest BCUT2D eigenvalue weighted by Crippen LogP contribution is -2.49. The summed E-state index contributed by atoms with van der Waals surface area (Å²) in [6.45, 7) is 2.28. The summed E-state index contributed by atoms with van der Waals surface area (Å²) in [6.07, 6.45) is 0. The molecule has 18 heavy (non-hydrogen) atoms. The fourth-order valence-corrected chi connectivity index (χ4v) is 7.40. The standard InChI is InChI=1S/C11H30N2O3Si2/c1-10(9-18(14-6,15-7)16-8)17-11(12(2)3)13(4)5/h10-11H,9,17H2,1-8H3. The zero-order valence-electron chi connectivity index (χ0n) is 13.2. The van der Waals surface area contributed by atoms with Crippen molar-refractivity contribution in [3.05, 3.63) is 0 Å². The van der Waals surface area contributed by atoms with Crippen molar-refractivity contribution in [3.8, 4) is 0 Å². The first-order valence-electron chi connectivity index (χ1n) is 6.30. The Hall–Kier alpha value is 0.234. The molecule has 0 saturated heterocycles. The highest BCUT2D eigenvalue weighted by Gasteiger charge is 2.40. The number of rotatable bonds is 9. The molecule has 5 nitrogen and oxygen atoms in total. The minimum absolute atomic E-state index is 0.306. The Morgan fingerprint density at radius 3 is 1.61 bits per heavy atom. The number of hydrogen-bond donors (Lipinski definition) is 0. The van der Waals surface area contributed by atoms with E-state index in [1.807, 2.05) is 0 Å². The average Bonchev–Trinajstić information content (AvgIpc) is 2.32. The van der Waals surface area contributed by atoms with E-state index in [0.717, 1.165) is 6.04 Å². The molecule has 0 saturated carbocycles. The zero-order valence-corrected chi connectivity index (χ0v) is 15.6. The topological polar surface area (TPSA) is 34.2 Å². The Labute approximate surface area is 116 Å². The summed E-state index contributed by atoms with van der Waals surface area (Å²) in [5.41, 5.74) is 0.617. The molecule has 0 N–H and O–H groups in total. The summed E-state index contributed by atoms with van der Waals surface area (Å²) >= 11 is 0. The highest BCUT2D eigenvalue weighted by Crippen LogP contribution is 2.23. The van der Waals surface area contributed by atoms with Gasteiger partial charge in [0.1, 0.15) is 0 Å². The lowest BCUT2D eigenvalue weighted by molar-refractivity contribution is 0.123. The van der Waals surface area contributed by atoms with Gasteiger partial charge in [-0.05, 0) is 33.7 Å². The summed E-state index contributed by atoms with van der Waals surface area (Å²) in [4.78, 5) is 4.58. The van der Waals surface area contributed by atoms with E-state index in [0.29, 0.717) is 11.3 Å². The van der Waals surface area contributed by atoms with Crippen LogP contribution in [0.25, 0.3) is 0 Å². The van der Waals surface area contributed by atoms with Crippen molar-refractivity contribution in [1.82, 2.24) is 9.80 Å². The van der Waals surface area contributed by atoms with Gasteiger partial charge in [0.25, 0.3) is 0 Å². The van der Waals surface area contributed by atoms with Gasteiger partial charge in [-0.3, -0.25) is 9.80 Å². The van der Waals surface area contributed by atoms with Crippen LogP contribution in [0.3, 0.4) is 0 Å². The first-order chi connectivity index (χ1) is 8.31. The third-order valence-corrected chi connectivity index (χ3v) is 9.95. The van der Waals surface area contributed by atoms with Crippen molar-refractivity contribution < 1.29 is 13.3 Å². The second-order valence-corrected chi connectivity index (χ2v) is 10.8. The van der Waals surface area contributed by atoms with Crippen molar-refractivity contribution in [2.24, 2.45) is 0 Å². The molecule has 0 aromatic carbocycles. The summed E-state index contributed by atoms with van der Waals surface area (Å²) in [5.74, 6) is 0.553. The molecule has 0 amide bonds. The van der Waals surface area contributed by atoms with E-state index < -0.39 is 8.80 Å². The highest BCUT2D eigenvalue weighted by atomic mass is 28.4. The Morgan fingerprint density at radius 2 is 1.33 bits per heavy atom. The molecule has 0 heterocycles. The number of nitrogens with zero attached hydrogens (tertiary/aromatic N) is 2. The predicted octanol–water partition coefficient (Wildman–Crippen LogP) is 0.249. The van der Waals surface area contributed by atoms with Crippen molar-refractivity contribution in [2.45, 2.75) is 24.3 Å². The SMILES string of the molecule is CO[Si](CC(C)[SiH2]C(N(C)C)N(C)C)(OC)OC. The average molecular weight is 295 g/mol. The maximum atomic E-state index is 5.50. The van der Waals surface area contributed by atoms with Crippen LogP contribution in [-0.4, -0.2) is 83.4 Å². The monoisotopic (exact) mass is 294 g/mol. The van der Waals surface area contributed by atoms with Gasteiger partial charge in [0.05, 0.1) is 9.52 Å². The third-order valence-electron chi connectivity index (χ3n) is 3.34. The minimum Gasteiger partial charge on any atom is -0.377 e. The summed E-state index contributed by atoms with van der Waals surface area (Å²) in [7, 11) is 10.9. The Balaban J connectivity index is 4.52. The predicted molar refractivity (Wildman–Crippen MR) is 80.7 cm³/mol. The number of hydrogen-bond acceptors (Lipinski definition) is 5. The lowest BCUT2D eigenvalue weighted by Gasteiger charge is -2.34. The summed E-state index contributed by atoms with van der Waals surface area (Å²) < 4.78 is 16.5. The molecule has 110 valence electrons. The molecule has 0 aliphatic carbocycles. The van der Waals surface area contributed by atoms with E-state index in [1.54, 1.807) is 21.3 Å². The highest BCUT2D eigenvalue weighted by molar-refractivity contribution is 6.62. The fourth-order valence-electron chi connectivity index (χ4n) is 2.25. The molecule has 0 aliphatic rings. The van der Waals surface area contributed by atoms with Crippen LogP contribution in [0.5, 0.6) is 0 Å². The van der Waals surface area contributed by atoms with Gasteiger partial charge in [-0.2, -0.15) is 0 Å².